The van der Waals surface area contributed by atoms with E-state index in [0.717, 1.165) is 5.56 Å². The number of nitrogens with zero attached hydrogens (tertiary/aromatic N) is 3. The second-order valence-electron chi connectivity index (χ2n) is 7.28. The lowest BCUT2D eigenvalue weighted by Crippen LogP contribution is -2.16. The van der Waals surface area contributed by atoms with Crippen LogP contribution in [0.15, 0.2) is 29.1 Å². The summed E-state index contributed by atoms with van der Waals surface area (Å²) in [6.45, 7) is 5.78. The van der Waals surface area contributed by atoms with Crippen molar-refractivity contribution in [3.05, 3.63) is 63.1 Å². The molecule has 0 bridgehead atoms. The first kappa shape index (κ1) is 16.0. The highest BCUT2D eigenvalue weighted by Crippen LogP contribution is 2.47. The highest BCUT2D eigenvalue weighted by atomic mass is 16.3. The van der Waals surface area contributed by atoms with Crippen molar-refractivity contribution < 1.29 is 5.11 Å². The summed E-state index contributed by atoms with van der Waals surface area (Å²) >= 11 is 0. The Labute approximate surface area is 145 Å². The number of hydrogen-bond acceptors (Lipinski definition) is 4. The lowest BCUT2D eigenvalue weighted by Gasteiger charge is -2.13. The maximum absolute atomic E-state index is 12.2. The number of aliphatic hydroxyl groups excluding tert-OH is 1. The number of H-pyrrole nitrogens is 1. The number of nitrogens with one attached hydrogen (secondary N) is 1. The van der Waals surface area contributed by atoms with Crippen LogP contribution < -0.4 is 5.56 Å². The van der Waals surface area contributed by atoms with Gasteiger partial charge in [-0.15, -0.1) is 0 Å². The molecule has 0 unspecified atom stereocenters. The largest absolute Gasteiger partial charge is 0.390 e. The summed E-state index contributed by atoms with van der Waals surface area (Å²) in [7, 11) is 0. The smallest absolute Gasteiger partial charge is 0.277 e. The number of aryl methyl sites for hydroxylation is 1. The van der Waals surface area contributed by atoms with E-state index in [0.29, 0.717) is 28.3 Å². The van der Waals surface area contributed by atoms with E-state index in [9.17, 15) is 9.90 Å². The third-order valence-electron chi connectivity index (χ3n) is 5.36. The van der Waals surface area contributed by atoms with Gasteiger partial charge in [-0.05, 0) is 36.3 Å². The molecule has 0 spiro atoms. The predicted octanol–water partition coefficient (Wildman–Crippen LogP) is 2.42. The topological polar surface area (TPSA) is 83.3 Å². The molecule has 2 heterocycles. The molecule has 0 radical (unpaired) electrons. The van der Waals surface area contributed by atoms with Crippen LogP contribution in [-0.2, 0) is 12.0 Å². The Kier molecular flexibility index (Phi) is 3.54. The normalized spacial score (nSPS) is 17.0. The zero-order valence-electron chi connectivity index (χ0n) is 14.7. The molecule has 1 saturated carbocycles. The zero-order valence-corrected chi connectivity index (χ0v) is 14.7. The van der Waals surface area contributed by atoms with Crippen molar-refractivity contribution in [1.29, 1.82) is 0 Å². The summed E-state index contributed by atoms with van der Waals surface area (Å²) in [4.78, 5) is 19.4. The van der Waals surface area contributed by atoms with Gasteiger partial charge in [0.15, 0.2) is 5.52 Å². The Morgan fingerprint density at radius 2 is 2.00 bits per heavy atom. The van der Waals surface area contributed by atoms with Gasteiger partial charge in [0.25, 0.3) is 5.56 Å². The van der Waals surface area contributed by atoms with Crippen molar-refractivity contribution in [2.45, 2.75) is 51.6 Å². The Morgan fingerprint density at radius 1 is 1.32 bits per heavy atom. The van der Waals surface area contributed by atoms with Gasteiger partial charge in [0.2, 0.25) is 0 Å². The number of aromatic nitrogens is 4. The van der Waals surface area contributed by atoms with E-state index in [-0.39, 0.29) is 18.1 Å². The van der Waals surface area contributed by atoms with Gasteiger partial charge in [-0.2, -0.15) is 5.10 Å². The SMILES string of the molecule is Cc1nn2c([C@H](C)c3ccc(C4(C)CC4)cc3)nc(CO)c2c(=O)[nH]1. The van der Waals surface area contributed by atoms with E-state index in [4.69, 9.17) is 0 Å². The number of rotatable bonds is 4. The van der Waals surface area contributed by atoms with E-state index in [1.165, 1.54) is 18.4 Å². The lowest BCUT2D eigenvalue weighted by atomic mass is 9.93. The Balaban J connectivity index is 1.79. The molecule has 4 rings (SSSR count). The number of hydrogen-bond donors (Lipinski definition) is 2. The van der Waals surface area contributed by atoms with Crippen LogP contribution in [-0.4, -0.2) is 24.7 Å². The van der Waals surface area contributed by atoms with Crippen LogP contribution in [0.2, 0.25) is 0 Å². The molecule has 1 aromatic carbocycles. The van der Waals surface area contributed by atoms with E-state index < -0.39 is 0 Å². The van der Waals surface area contributed by atoms with Crippen molar-refractivity contribution in [2.75, 3.05) is 0 Å². The molecule has 1 atom stereocenters. The molecule has 130 valence electrons. The fourth-order valence-electron chi connectivity index (χ4n) is 3.39. The van der Waals surface area contributed by atoms with Gasteiger partial charge >= 0.3 is 0 Å². The molecule has 1 aliphatic carbocycles. The third kappa shape index (κ3) is 2.57. The second-order valence-corrected chi connectivity index (χ2v) is 7.28. The van der Waals surface area contributed by atoms with E-state index in [1.54, 1.807) is 11.4 Å². The first-order chi connectivity index (χ1) is 11.9. The van der Waals surface area contributed by atoms with Gasteiger partial charge in [-0.25, -0.2) is 9.50 Å². The predicted molar refractivity (Wildman–Crippen MR) is 94.8 cm³/mol. The zero-order chi connectivity index (χ0) is 17.8. The first-order valence-corrected chi connectivity index (χ1v) is 8.63. The van der Waals surface area contributed by atoms with Crippen LogP contribution >= 0.6 is 0 Å². The van der Waals surface area contributed by atoms with E-state index in [1.807, 2.05) is 6.92 Å². The second kappa shape index (κ2) is 5.52. The van der Waals surface area contributed by atoms with Gasteiger partial charge in [0, 0.05) is 5.92 Å². The molecular formula is C19H22N4O2. The standard InChI is InChI=1S/C19H22N4O2/c1-11(13-4-6-14(7-5-13)19(3)8-9-19)17-21-15(10-24)16-18(25)20-12(2)22-23(16)17/h4-7,11,24H,8-10H2,1-3H3,(H,20,22,25)/t11-/m1/s1. The molecule has 0 amide bonds. The molecule has 6 heteroatoms. The monoisotopic (exact) mass is 338 g/mol. The lowest BCUT2D eigenvalue weighted by molar-refractivity contribution is 0.278. The van der Waals surface area contributed by atoms with E-state index >= 15 is 0 Å². The highest BCUT2D eigenvalue weighted by Gasteiger charge is 2.38. The molecular weight excluding hydrogens is 316 g/mol. The number of aliphatic hydroxyl groups is 1. The molecule has 1 aliphatic rings. The molecule has 6 nitrogen and oxygen atoms in total. The Bertz CT molecular complexity index is 997. The van der Waals surface area contributed by atoms with Crippen LogP contribution in [0.1, 0.15) is 61.1 Å². The Hall–Kier alpha value is -2.47. The van der Waals surface area contributed by atoms with Gasteiger partial charge in [0.05, 0.1) is 12.3 Å². The molecule has 1 fully saturated rings. The number of fused-ring (bicyclic) bond motifs is 1. The van der Waals surface area contributed by atoms with E-state index in [2.05, 4.69) is 46.3 Å². The highest BCUT2D eigenvalue weighted by molar-refractivity contribution is 5.51. The van der Waals surface area contributed by atoms with Crippen LogP contribution in [0.5, 0.6) is 0 Å². The number of imidazole rings is 1. The molecule has 0 saturated heterocycles. The Morgan fingerprint density at radius 3 is 2.60 bits per heavy atom. The van der Waals surface area contributed by atoms with Crippen molar-refractivity contribution in [1.82, 2.24) is 19.6 Å². The summed E-state index contributed by atoms with van der Waals surface area (Å²) < 4.78 is 1.57. The van der Waals surface area contributed by atoms with Gasteiger partial charge in [0.1, 0.15) is 11.6 Å². The molecule has 2 aromatic heterocycles. The van der Waals surface area contributed by atoms with Crippen molar-refractivity contribution >= 4 is 5.52 Å². The minimum Gasteiger partial charge on any atom is -0.390 e. The average molecular weight is 338 g/mol. The minimum atomic E-state index is -0.290. The molecule has 2 N–H and O–H groups in total. The summed E-state index contributed by atoms with van der Waals surface area (Å²) in [5.74, 6) is 1.14. The van der Waals surface area contributed by atoms with Crippen LogP contribution in [0.25, 0.3) is 5.52 Å². The fourth-order valence-corrected chi connectivity index (χ4v) is 3.39. The van der Waals surface area contributed by atoms with Crippen molar-refractivity contribution in [2.24, 2.45) is 0 Å². The van der Waals surface area contributed by atoms with Crippen LogP contribution in [0, 0.1) is 6.92 Å². The third-order valence-corrected chi connectivity index (χ3v) is 5.36. The van der Waals surface area contributed by atoms with Gasteiger partial charge < -0.3 is 10.1 Å². The van der Waals surface area contributed by atoms with Crippen LogP contribution in [0.4, 0.5) is 0 Å². The average Bonchev–Trinajstić information content (AvgIpc) is 3.24. The maximum atomic E-state index is 12.2. The number of aromatic amines is 1. The van der Waals surface area contributed by atoms with Crippen LogP contribution in [0.3, 0.4) is 0 Å². The minimum absolute atomic E-state index is 0.0393. The summed E-state index contributed by atoms with van der Waals surface area (Å²) in [5.41, 5.74) is 3.23. The summed E-state index contributed by atoms with van der Waals surface area (Å²) in [6.07, 6.45) is 2.50. The first-order valence-electron chi connectivity index (χ1n) is 8.63. The van der Waals surface area contributed by atoms with Gasteiger partial charge in [-0.1, -0.05) is 38.1 Å². The number of benzene rings is 1. The quantitative estimate of drug-likeness (QED) is 0.765. The molecule has 3 aromatic rings. The van der Waals surface area contributed by atoms with Crippen molar-refractivity contribution in [3.8, 4) is 0 Å². The van der Waals surface area contributed by atoms with Gasteiger partial charge in [-0.3, -0.25) is 4.79 Å². The van der Waals surface area contributed by atoms with Crippen molar-refractivity contribution in [3.63, 3.8) is 0 Å². The maximum Gasteiger partial charge on any atom is 0.277 e. The fraction of sp³-hybridized carbons (Fsp3) is 0.421. The molecule has 0 aliphatic heterocycles. The summed E-state index contributed by atoms with van der Waals surface area (Å²) in [6, 6.07) is 8.63. The summed E-state index contributed by atoms with van der Waals surface area (Å²) in [5, 5.41) is 14.0. The molecule has 25 heavy (non-hydrogen) atoms.